The van der Waals surface area contributed by atoms with Crippen molar-refractivity contribution in [1.29, 1.82) is 0 Å². The number of carbonyl (C=O) groups excluding carboxylic acids is 2. The highest BCUT2D eigenvalue weighted by atomic mass is 35.5. The Hall–Kier alpha value is -2.89. The lowest BCUT2D eigenvalue weighted by molar-refractivity contribution is -0.141. The van der Waals surface area contributed by atoms with E-state index in [-0.39, 0.29) is 35.5 Å². The highest BCUT2D eigenvalue weighted by Gasteiger charge is 2.31. The third kappa shape index (κ3) is 7.55. The number of amides is 2. The number of hydrogen-bond donors (Lipinski definition) is 1. The van der Waals surface area contributed by atoms with Crippen LogP contribution in [-0.2, 0) is 29.0 Å². The maximum atomic E-state index is 14.5. The van der Waals surface area contributed by atoms with Gasteiger partial charge in [-0.2, -0.15) is 0 Å². The van der Waals surface area contributed by atoms with Crippen LogP contribution in [0.15, 0.2) is 72.8 Å². The average molecular weight is 515 g/mol. The molecule has 0 radical (unpaired) electrons. The molecule has 35 heavy (non-hydrogen) atoms. The van der Waals surface area contributed by atoms with Crippen molar-refractivity contribution >= 4 is 35.0 Å². The topological polar surface area (TPSA) is 49.4 Å². The smallest absolute Gasteiger partial charge is 0.243 e. The molecule has 2 atom stereocenters. The van der Waals surface area contributed by atoms with Crippen LogP contribution in [0.25, 0.3) is 0 Å². The molecule has 184 valence electrons. The van der Waals surface area contributed by atoms with E-state index < -0.39 is 17.8 Å². The van der Waals surface area contributed by atoms with Gasteiger partial charge in [-0.1, -0.05) is 78.7 Å². The normalized spacial score (nSPS) is 12.6. The predicted octanol–water partition coefficient (Wildman–Crippen LogP) is 6.23. The molecule has 0 saturated carbocycles. The summed E-state index contributed by atoms with van der Waals surface area (Å²) < 4.78 is 14.5. The van der Waals surface area contributed by atoms with Crippen molar-refractivity contribution in [3.05, 3.63) is 105 Å². The van der Waals surface area contributed by atoms with Gasteiger partial charge < -0.3 is 10.2 Å². The van der Waals surface area contributed by atoms with Crippen molar-refractivity contribution in [1.82, 2.24) is 10.2 Å². The van der Waals surface area contributed by atoms with Crippen molar-refractivity contribution in [2.24, 2.45) is 0 Å². The summed E-state index contributed by atoms with van der Waals surface area (Å²) >= 11 is 12.4. The summed E-state index contributed by atoms with van der Waals surface area (Å²) in [6.07, 6.45) is 0.783. The van der Waals surface area contributed by atoms with Crippen LogP contribution in [-0.4, -0.2) is 28.8 Å². The number of benzene rings is 3. The fraction of sp³-hybridized carbons (Fsp3) is 0.286. The van der Waals surface area contributed by atoms with E-state index in [1.807, 2.05) is 50.2 Å². The molecular weight excluding hydrogens is 486 g/mol. The van der Waals surface area contributed by atoms with Crippen molar-refractivity contribution in [2.45, 2.75) is 51.7 Å². The van der Waals surface area contributed by atoms with Gasteiger partial charge in [-0.05, 0) is 48.7 Å². The number of hydrogen-bond acceptors (Lipinski definition) is 2. The molecule has 0 aliphatic rings. The van der Waals surface area contributed by atoms with Crippen molar-refractivity contribution in [3.63, 3.8) is 0 Å². The summed E-state index contributed by atoms with van der Waals surface area (Å²) in [4.78, 5) is 28.7. The van der Waals surface area contributed by atoms with Crippen LogP contribution in [0.4, 0.5) is 4.39 Å². The molecule has 0 heterocycles. The Morgan fingerprint density at radius 3 is 2.31 bits per heavy atom. The van der Waals surface area contributed by atoms with E-state index in [4.69, 9.17) is 23.2 Å². The molecular formula is C28H29Cl2FN2O2. The SMILES string of the molecule is CC[C@@H](C)NC(=O)[C@@H](Cc1ccccc1)N(Cc1cccc(Cl)c1)C(=O)Cc1c(F)cccc1Cl. The highest BCUT2D eigenvalue weighted by Crippen LogP contribution is 2.23. The Labute approximate surface area is 216 Å². The van der Waals surface area contributed by atoms with Gasteiger partial charge in [0.05, 0.1) is 6.42 Å². The molecule has 0 bridgehead atoms. The second-order valence-electron chi connectivity index (χ2n) is 8.55. The monoisotopic (exact) mass is 514 g/mol. The minimum atomic E-state index is -0.816. The fourth-order valence-corrected chi connectivity index (χ4v) is 4.22. The molecule has 0 aromatic heterocycles. The lowest BCUT2D eigenvalue weighted by atomic mass is 10.0. The zero-order valence-electron chi connectivity index (χ0n) is 19.8. The zero-order valence-corrected chi connectivity index (χ0v) is 21.3. The molecule has 3 aromatic carbocycles. The number of rotatable bonds is 10. The molecule has 2 amide bonds. The summed E-state index contributed by atoms with van der Waals surface area (Å²) in [6, 6.07) is 20.1. The van der Waals surface area contributed by atoms with E-state index >= 15 is 0 Å². The van der Waals surface area contributed by atoms with Gasteiger partial charge in [0.1, 0.15) is 11.9 Å². The van der Waals surface area contributed by atoms with Crippen LogP contribution < -0.4 is 5.32 Å². The average Bonchev–Trinajstić information content (AvgIpc) is 2.84. The van der Waals surface area contributed by atoms with Crippen molar-refractivity contribution in [2.75, 3.05) is 0 Å². The second kappa shape index (κ2) is 12.7. The first kappa shape index (κ1) is 26.7. The lowest BCUT2D eigenvalue weighted by Crippen LogP contribution is -2.52. The van der Waals surface area contributed by atoms with E-state index in [2.05, 4.69) is 5.32 Å². The Morgan fingerprint density at radius 1 is 0.971 bits per heavy atom. The third-order valence-electron chi connectivity index (χ3n) is 5.90. The van der Waals surface area contributed by atoms with Crippen LogP contribution in [0.3, 0.4) is 0 Å². The van der Waals surface area contributed by atoms with Gasteiger partial charge in [0.25, 0.3) is 0 Å². The van der Waals surface area contributed by atoms with Crippen molar-refractivity contribution < 1.29 is 14.0 Å². The number of carbonyl (C=O) groups is 2. The lowest BCUT2D eigenvalue weighted by Gasteiger charge is -2.32. The number of nitrogens with zero attached hydrogens (tertiary/aromatic N) is 1. The molecule has 7 heteroatoms. The predicted molar refractivity (Wildman–Crippen MR) is 139 cm³/mol. The van der Waals surface area contributed by atoms with E-state index in [0.29, 0.717) is 11.4 Å². The van der Waals surface area contributed by atoms with E-state index in [1.165, 1.54) is 17.0 Å². The Morgan fingerprint density at radius 2 is 1.66 bits per heavy atom. The number of halogens is 3. The van der Waals surface area contributed by atoms with Crippen molar-refractivity contribution in [3.8, 4) is 0 Å². The third-order valence-corrected chi connectivity index (χ3v) is 6.49. The summed E-state index contributed by atoms with van der Waals surface area (Å²) in [6.45, 7) is 4.03. The first-order chi connectivity index (χ1) is 16.8. The van der Waals surface area contributed by atoms with Gasteiger partial charge in [-0.3, -0.25) is 9.59 Å². The standard InChI is InChI=1S/C28H29Cl2FN2O2/c1-3-19(2)32-28(35)26(16-20-9-5-4-6-10-20)33(18-21-11-7-12-22(29)15-21)27(34)17-23-24(30)13-8-14-25(23)31/h4-15,19,26H,3,16-18H2,1-2H3,(H,32,35)/t19-,26-/m1/s1. The van der Waals surface area contributed by atoms with Crippen LogP contribution in [0.5, 0.6) is 0 Å². The van der Waals surface area contributed by atoms with E-state index in [9.17, 15) is 14.0 Å². The summed E-state index contributed by atoms with van der Waals surface area (Å²) in [7, 11) is 0. The summed E-state index contributed by atoms with van der Waals surface area (Å²) in [5.74, 6) is -1.23. The minimum Gasteiger partial charge on any atom is -0.352 e. The second-order valence-corrected chi connectivity index (χ2v) is 9.40. The first-order valence-electron chi connectivity index (χ1n) is 11.6. The molecule has 0 saturated heterocycles. The molecule has 4 nitrogen and oxygen atoms in total. The summed E-state index contributed by atoms with van der Waals surface area (Å²) in [5, 5.41) is 3.70. The summed E-state index contributed by atoms with van der Waals surface area (Å²) in [5.41, 5.74) is 1.78. The Bertz CT molecular complexity index is 1140. The first-order valence-corrected chi connectivity index (χ1v) is 12.3. The molecule has 0 fully saturated rings. The molecule has 1 N–H and O–H groups in total. The maximum absolute atomic E-state index is 14.5. The number of nitrogens with one attached hydrogen (secondary N) is 1. The quantitative estimate of drug-likeness (QED) is 0.348. The molecule has 0 aliphatic carbocycles. The van der Waals surface area contributed by atoms with Gasteiger partial charge in [-0.25, -0.2) is 4.39 Å². The van der Waals surface area contributed by atoms with Gasteiger partial charge in [0.15, 0.2) is 0 Å². The Balaban J connectivity index is 2.01. The Kier molecular flexibility index (Phi) is 9.70. The van der Waals surface area contributed by atoms with Crippen LogP contribution in [0, 0.1) is 5.82 Å². The zero-order chi connectivity index (χ0) is 25.4. The van der Waals surface area contributed by atoms with E-state index in [1.54, 1.807) is 24.3 Å². The maximum Gasteiger partial charge on any atom is 0.243 e. The molecule has 0 spiro atoms. The molecule has 3 aromatic rings. The highest BCUT2D eigenvalue weighted by molar-refractivity contribution is 6.31. The van der Waals surface area contributed by atoms with Crippen LogP contribution >= 0.6 is 23.2 Å². The molecule has 0 unspecified atom stereocenters. The van der Waals surface area contributed by atoms with Gasteiger partial charge in [-0.15, -0.1) is 0 Å². The van der Waals surface area contributed by atoms with Gasteiger partial charge in [0, 0.05) is 34.6 Å². The van der Waals surface area contributed by atoms with Crippen LogP contribution in [0.1, 0.15) is 37.0 Å². The van der Waals surface area contributed by atoms with Crippen LogP contribution in [0.2, 0.25) is 10.0 Å². The van der Waals surface area contributed by atoms with E-state index in [0.717, 1.165) is 17.5 Å². The molecule has 3 rings (SSSR count). The fourth-order valence-electron chi connectivity index (χ4n) is 3.78. The minimum absolute atomic E-state index is 0.0649. The largest absolute Gasteiger partial charge is 0.352 e. The van der Waals surface area contributed by atoms with Gasteiger partial charge >= 0.3 is 0 Å². The van der Waals surface area contributed by atoms with Gasteiger partial charge in [0.2, 0.25) is 11.8 Å². The molecule has 0 aliphatic heterocycles.